The molecule has 0 radical (unpaired) electrons. The predicted octanol–water partition coefficient (Wildman–Crippen LogP) is 11.4. The molecule has 7 nitrogen and oxygen atoms in total. The number of nitrogens with one attached hydrogen (secondary N) is 1. The summed E-state index contributed by atoms with van der Waals surface area (Å²) < 4.78 is 0. The molecule has 270 valence electrons. The molecule has 0 fully saturated rings. The second-order valence-electron chi connectivity index (χ2n) is 14.5. The Bertz CT molecular complexity index is 713. The molecule has 0 unspecified atom stereocenters. The number of oxime groups is 2. The average molecular weight is 641 g/mol. The molecule has 0 atom stereocenters. The fourth-order valence-corrected chi connectivity index (χ4v) is 4.43. The van der Waals surface area contributed by atoms with Gasteiger partial charge in [0.25, 0.3) is 0 Å². The van der Waals surface area contributed by atoms with Gasteiger partial charge in [0.05, 0.1) is 11.4 Å². The van der Waals surface area contributed by atoms with E-state index in [9.17, 15) is 4.79 Å². The molecule has 7 heteroatoms. The molecule has 0 aromatic carbocycles. The fourth-order valence-electron chi connectivity index (χ4n) is 4.43. The summed E-state index contributed by atoms with van der Waals surface area (Å²) in [6.45, 7) is 44.4. The Morgan fingerprint density at radius 3 is 0.867 bits per heavy atom. The molecule has 0 aliphatic heterocycles. The molecule has 0 saturated carbocycles. The van der Waals surface area contributed by atoms with Crippen molar-refractivity contribution in [2.45, 2.75) is 145 Å². The number of carbonyl (C=O) groups is 1. The number of hydrogen-bond donors (Lipinski definition) is 2. The van der Waals surface area contributed by atoms with E-state index in [1.165, 1.54) is 5.71 Å². The molecular formula is C38H80N4O3. The first-order valence-corrected chi connectivity index (χ1v) is 17.4. The third kappa shape index (κ3) is 31.7. The highest BCUT2D eigenvalue weighted by Gasteiger charge is 2.11. The zero-order valence-corrected chi connectivity index (χ0v) is 34.1. The zero-order valence-electron chi connectivity index (χ0n) is 34.1. The Morgan fingerprint density at radius 1 is 0.533 bits per heavy atom. The fraction of sp³-hybridized carbons (Fsp3) is 0.868. The second kappa shape index (κ2) is 30.6. The number of ketones is 1. The maximum atomic E-state index is 10.8. The monoisotopic (exact) mass is 641 g/mol. The molecule has 0 aliphatic carbocycles. The van der Waals surface area contributed by atoms with E-state index in [2.05, 4.69) is 105 Å². The molecule has 0 saturated heterocycles. The molecule has 0 heterocycles. The van der Waals surface area contributed by atoms with Gasteiger partial charge in [0.1, 0.15) is 12.9 Å². The summed E-state index contributed by atoms with van der Waals surface area (Å²) in [5.41, 5.74) is 4.20. The first-order chi connectivity index (χ1) is 20.4. The van der Waals surface area contributed by atoms with Crippen LogP contribution < -0.4 is 0 Å². The summed E-state index contributed by atoms with van der Waals surface area (Å²) in [5.74, 6) is 4.52. The van der Waals surface area contributed by atoms with Gasteiger partial charge in [-0.2, -0.15) is 0 Å². The first kappa shape index (κ1) is 52.5. The van der Waals surface area contributed by atoms with E-state index in [1.807, 2.05) is 55.4 Å². The number of carbonyl (C=O) groups excluding carboxylic acids is 1. The third-order valence-corrected chi connectivity index (χ3v) is 6.58. The summed E-state index contributed by atoms with van der Waals surface area (Å²) in [6.07, 6.45) is 0. The van der Waals surface area contributed by atoms with E-state index in [0.29, 0.717) is 53.1 Å². The lowest BCUT2D eigenvalue weighted by molar-refractivity contribution is -0.124. The Kier molecular flexibility index (Phi) is 35.7. The van der Waals surface area contributed by atoms with E-state index in [-0.39, 0.29) is 11.8 Å². The van der Waals surface area contributed by atoms with Crippen LogP contribution in [0.15, 0.2) is 15.3 Å². The molecule has 0 bridgehead atoms. The van der Waals surface area contributed by atoms with Crippen molar-refractivity contribution in [3.05, 3.63) is 0 Å². The van der Waals surface area contributed by atoms with Gasteiger partial charge in [-0.25, -0.2) is 0 Å². The summed E-state index contributed by atoms with van der Waals surface area (Å²) in [5, 5.41) is 23.0. The van der Waals surface area contributed by atoms with E-state index in [4.69, 9.17) is 15.5 Å². The average Bonchev–Trinajstić information content (AvgIpc) is 2.89. The van der Waals surface area contributed by atoms with Crippen molar-refractivity contribution in [3.63, 3.8) is 0 Å². The maximum Gasteiger partial charge on any atom is 0.137 e. The van der Waals surface area contributed by atoms with Crippen LogP contribution >= 0.6 is 0 Å². The van der Waals surface area contributed by atoms with Crippen LogP contribution in [-0.4, -0.2) is 47.5 Å². The first-order valence-electron chi connectivity index (χ1n) is 17.4. The molecule has 0 spiro atoms. The summed E-state index contributed by atoms with van der Waals surface area (Å²) in [4.78, 5) is 20.0. The van der Waals surface area contributed by atoms with Gasteiger partial charge in [-0.05, 0) is 54.3 Å². The largest absolute Gasteiger partial charge is 0.411 e. The van der Waals surface area contributed by atoms with Crippen molar-refractivity contribution in [1.82, 2.24) is 0 Å². The molecule has 0 aliphatic rings. The Hall–Kier alpha value is -2.05. The second-order valence-corrected chi connectivity index (χ2v) is 14.5. The predicted molar refractivity (Wildman–Crippen MR) is 203 cm³/mol. The number of nitrogens with zero attached hydrogens (tertiary/aromatic N) is 3. The van der Waals surface area contributed by atoms with Crippen molar-refractivity contribution in [3.8, 4) is 0 Å². The van der Waals surface area contributed by atoms with Crippen LogP contribution in [-0.2, 0) is 9.63 Å². The molecule has 0 aromatic heterocycles. The van der Waals surface area contributed by atoms with Gasteiger partial charge in [0.2, 0.25) is 0 Å². The van der Waals surface area contributed by atoms with Crippen LogP contribution in [0.4, 0.5) is 0 Å². The highest BCUT2D eigenvalue weighted by molar-refractivity contribution is 5.88. The van der Waals surface area contributed by atoms with Crippen molar-refractivity contribution in [2.75, 3.05) is 13.7 Å². The van der Waals surface area contributed by atoms with E-state index < -0.39 is 0 Å². The van der Waals surface area contributed by atoms with Crippen LogP contribution in [0.3, 0.4) is 0 Å². The SMILES string of the molecule is CC(C)C(=N)C(C)C.CC(C)C(=NO)C(C)C.CC(C)C(=O)C(C)C.CCN=C(C(C)C)C(C)C.CON=C(C(C)C)C(C)C. The van der Waals surface area contributed by atoms with Gasteiger partial charge < -0.3 is 15.5 Å². The Balaban J connectivity index is -0.000000149. The number of aliphatic imine (C=N–C) groups is 1. The molecule has 0 amide bonds. The Morgan fingerprint density at radius 2 is 0.822 bits per heavy atom. The lowest BCUT2D eigenvalue weighted by Gasteiger charge is -2.12. The molecule has 0 rings (SSSR count). The minimum atomic E-state index is 0.204. The normalized spacial score (nSPS) is 10.6. The van der Waals surface area contributed by atoms with Gasteiger partial charge in [0.15, 0.2) is 0 Å². The molecule has 2 N–H and O–H groups in total. The molecule has 0 aromatic rings. The van der Waals surface area contributed by atoms with E-state index in [1.54, 1.807) is 7.11 Å². The van der Waals surface area contributed by atoms with E-state index in [0.717, 1.165) is 23.7 Å². The van der Waals surface area contributed by atoms with Gasteiger partial charge in [-0.1, -0.05) is 149 Å². The number of rotatable bonds is 12. The molecular weight excluding hydrogens is 560 g/mol. The standard InChI is InChI=1S/C9H19N.C8H17NO.C7H15NO.C7H15N.C7H14O/c1-6-10-9(7(2)3)8(4)5;1-6(2)8(7(3)4)9-10-5;1-5(2)7(8-9)6(3)4;2*1-5(2)7(8)6(3)4/h7-8H,6H2,1-5H3;6-7H,1-5H3;5-6,9H,1-4H3;5-6,8H,1-4H3;5-6H,1-4H3. The number of hydrogen-bond acceptors (Lipinski definition) is 7. The minimum Gasteiger partial charge on any atom is -0.411 e. The van der Waals surface area contributed by atoms with Crippen molar-refractivity contribution in [1.29, 1.82) is 5.41 Å². The maximum absolute atomic E-state index is 10.8. The van der Waals surface area contributed by atoms with Gasteiger partial charge in [-0.15, -0.1) is 0 Å². The van der Waals surface area contributed by atoms with Crippen LogP contribution in [0.2, 0.25) is 0 Å². The van der Waals surface area contributed by atoms with Crippen molar-refractivity contribution >= 4 is 28.6 Å². The lowest BCUT2D eigenvalue weighted by atomic mass is 9.97. The third-order valence-electron chi connectivity index (χ3n) is 6.58. The highest BCUT2D eigenvalue weighted by atomic mass is 16.6. The van der Waals surface area contributed by atoms with Gasteiger partial charge in [0, 0.05) is 29.8 Å². The summed E-state index contributed by atoms with van der Waals surface area (Å²) in [7, 11) is 1.59. The summed E-state index contributed by atoms with van der Waals surface area (Å²) >= 11 is 0. The van der Waals surface area contributed by atoms with Gasteiger partial charge >= 0.3 is 0 Å². The zero-order chi connectivity index (χ0) is 37.2. The van der Waals surface area contributed by atoms with Crippen LogP contribution in [0.5, 0.6) is 0 Å². The van der Waals surface area contributed by atoms with E-state index >= 15 is 0 Å². The Labute approximate surface area is 282 Å². The quantitative estimate of drug-likeness (QED) is 0.126. The van der Waals surface area contributed by atoms with Gasteiger partial charge in [-0.3, -0.25) is 9.79 Å². The van der Waals surface area contributed by atoms with Crippen LogP contribution in [0.1, 0.15) is 145 Å². The highest BCUT2D eigenvalue weighted by Crippen LogP contribution is 2.09. The number of Topliss-reactive ketones (excluding diaryl/α,β-unsaturated/α-hetero) is 1. The topological polar surface area (TPSA) is 107 Å². The smallest absolute Gasteiger partial charge is 0.137 e. The van der Waals surface area contributed by atoms with Crippen molar-refractivity contribution in [2.24, 2.45) is 74.5 Å². The molecule has 45 heavy (non-hydrogen) atoms. The lowest BCUT2D eigenvalue weighted by Crippen LogP contribution is -2.15. The van der Waals surface area contributed by atoms with Crippen LogP contribution in [0.25, 0.3) is 0 Å². The summed E-state index contributed by atoms with van der Waals surface area (Å²) in [6, 6.07) is 0. The minimum absolute atomic E-state index is 0.204. The van der Waals surface area contributed by atoms with Crippen molar-refractivity contribution < 1.29 is 14.8 Å². The van der Waals surface area contributed by atoms with Crippen LogP contribution in [0, 0.1) is 64.6 Å².